The summed E-state index contributed by atoms with van der Waals surface area (Å²) in [5.74, 6) is 0.0388. The van der Waals surface area contributed by atoms with E-state index in [0.29, 0.717) is 6.04 Å². The minimum atomic E-state index is 0. The number of rotatable bonds is 5. The molecule has 168 valence electrons. The average Bonchev–Trinajstić information content (AvgIpc) is 3.23. The number of carbonyl (C=O) groups is 1. The van der Waals surface area contributed by atoms with Crippen molar-refractivity contribution in [1.82, 2.24) is 19.6 Å². The second kappa shape index (κ2) is 10.6. The number of carbonyl (C=O) groups excluding carboxylic acids is 1. The highest BCUT2D eigenvalue weighted by atomic mass is 35.5. The fraction of sp³-hybridized carbons (Fsp3) is 0.308. The molecule has 4 rings (SSSR count). The third kappa shape index (κ3) is 5.47. The number of nitrogens with zero attached hydrogens (tertiary/aromatic N) is 4. The van der Waals surface area contributed by atoms with Crippen LogP contribution in [0, 0.1) is 6.92 Å². The van der Waals surface area contributed by atoms with E-state index in [2.05, 4.69) is 43.1 Å². The van der Waals surface area contributed by atoms with Crippen LogP contribution in [0.15, 0.2) is 66.9 Å². The van der Waals surface area contributed by atoms with E-state index in [1.807, 2.05) is 59.2 Å². The molecule has 5 nitrogen and oxygen atoms in total. The number of para-hydroxylation sites is 1. The van der Waals surface area contributed by atoms with E-state index in [0.717, 1.165) is 48.4 Å². The Hall–Kier alpha value is -2.89. The molecule has 1 aliphatic heterocycles. The van der Waals surface area contributed by atoms with Gasteiger partial charge in [-0.1, -0.05) is 48.0 Å². The van der Waals surface area contributed by atoms with Crippen LogP contribution in [-0.2, 0) is 4.79 Å². The fourth-order valence-corrected chi connectivity index (χ4v) is 4.00. The van der Waals surface area contributed by atoms with E-state index in [1.165, 1.54) is 5.56 Å². The zero-order chi connectivity index (χ0) is 21.8. The lowest BCUT2D eigenvalue weighted by atomic mass is 10.0. The van der Waals surface area contributed by atoms with Crippen LogP contribution in [0.4, 0.5) is 0 Å². The van der Waals surface area contributed by atoms with Crippen LogP contribution in [0.3, 0.4) is 0 Å². The van der Waals surface area contributed by atoms with Gasteiger partial charge in [0.1, 0.15) is 0 Å². The Kier molecular flexibility index (Phi) is 7.89. The van der Waals surface area contributed by atoms with Gasteiger partial charge in [0.25, 0.3) is 0 Å². The van der Waals surface area contributed by atoms with Gasteiger partial charge >= 0.3 is 0 Å². The molecule has 1 amide bonds. The number of hydrogen-bond donors (Lipinski definition) is 0. The molecular weight excluding hydrogens is 420 g/mol. The second-order valence-electron chi connectivity index (χ2n) is 8.40. The first-order chi connectivity index (χ1) is 15.0. The van der Waals surface area contributed by atoms with Crippen molar-refractivity contribution in [3.63, 3.8) is 0 Å². The maximum Gasteiger partial charge on any atom is 0.246 e. The summed E-state index contributed by atoms with van der Waals surface area (Å²) in [5.41, 5.74) is 5.03. The van der Waals surface area contributed by atoms with Crippen molar-refractivity contribution < 1.29 is 4.79 Å². The van der Waals surface area contributed by atoms with Gasteiger partial charge < -0.3 is 9.80 Å². The zero-order valence-corrected chi connectivity index (χ0v) is 19.8. The van der Waals surface area contributed by atoms with Crippen molar-refractivity contribution in [2.75, 3.05) is 27.2 Å². The zero-order valence-electron chi connectivity index (χ0n) is 18.9. The van der Waals surface area contributed by atoms with Gasteiger partial charge in [-0.25, -0.2) is 4.68 Å². The van der Waals surface area contributed by atoms with Gasteiger partial charge in [0.15, 0.2) is 0 Å². The lowest BCUT2D eigenvalue weighted by Crippen LogP contribution is -2.43. The molecule has 3 aromatic rings. The molecule has 0 aliphatic carbocycles. The summed E-state index contributed by atoms with van der Waals surface area (Å²) in [6.45, 7) is 4.14. The third-order valence-corrected chi connectivity index (χ3v) is 6.08. The molecule has 0 saturated carbocycles. The minimum absolute atomic E-state index is 0. The Bertz CT molecular complexity index is 1050. The molecular formula is C26H31ClN4O. The fourth-order valence-electron chi connectivity index (χ4n) is 4.00. The summed E-state index contributed by atoms with van der Waals surface area (Å²) in [6.07, 6.45) is 7.61. The molecule has 32 heavy (non-hydrogen) atoms. The van der Waals surface area contributed by atoms with E-state index in [9.17, 15) is 4.79 Å². The van der Waals surface area contributed by atoms with Crippen LogP contribution in [0.1, 0.15) is 24.0 Å². The average molecular weight is 451 g/mol. The van der Waals surface area contributed by atoms with Gasteiger partial charge in [-0.15, -0.1) is 12.4 Å². The minimum Gasteiger partial charge on any atom is -0.339 e. The summed E-state index contributed by atoms with van der Waals surface area (Å²) in [5, 5.41) is 4.84. The molecule has 2 heterocycles. The topological polar surface area (TPSA) is 41.4 Å². The smallest absolute Gasteiger partial charge is 0.246 e. The highest BCUT2D eigenvalue weighted by Gasteiger charge is 2.22. The van der Waals surface area contributed by atoms with E-state index in [1.54, 1.807) is 6.08 Å². The van der Waals surface area contributed by atoms with Crippen LogP contribution in [0.25, 0.3) is 23.0 Å². The summed E-state index contributed by atoms with van der Waals surface area (Å²) < 4.78 is 1.88. The van der Waals surface area contributed by atoms with Crippen molar-refractivity contribution >= 4 is 24.4 Å². The molecule has 6 heteroatoms. The summed E-state index contributed by atoms with van der Waals surface area (Å²) >= 11 is 0. The standard InChI is InChI=1S/C26H30N4O.ClH/c1-20-9-11-21(12-10-20)26-22(19-30(27-26)24-7-5-4-6-8-24)13-14-25(31)29(3)23-15-17-28(2)18-16-23;/h4-14,19,23H,15-18H2,1-3H3;1H/b14-13+;. The van der Waals surface area contributed by atoms with E-state index in [-0.39, 0.29) is 18.3 Å². The molecule has 1 aliphatic rings. The van der Waals surface area contributed by atoms with Crippen LogP contribution in [0.5, 0.6) is 0 Å². The van der Waals surface area contributed by atoms with Crippen LogP contribution in [-0.4, -0.2) is 58.7 Å². The van der Waals surface area contributed by atoms with Crippen molar-refractivity contribution in [1.29, 1.82) is 0 Å². The summed E-state index contributed by atoms with van der Waals surface area (Å²) in [4.78, 5) is 17.1. The maximum absolute atomic E-state index is 12.9. The Morgan fingerprint density at radius 2 is 1.72 bits per heavy atom. The monoisotopic (exact) mass is 450 g/mol. The van der Waals surface area contributed by atoms with Crippen LogP contribution >= 0.6 is 12.4 Å². The number of benzene rings is 2. The van der Waals surface area contributed by atoms with Gasteiger partial charge in [0.05, 0.1) is 11.4 Å². The molecule has 0 spiro atoms. The van der Waals surface area contributed by atoms with E-state index >= 15 is 0 Å². The van der Waals surface area contributed by atoms with E-state index in [4.69, 9.17) is 5.10 Å². The summed E-state index contributed by atoms with van der Waals surface area (Å²) in [7, 11) is 4.05. The largest absolute Gasteiger partial charge is 0.339 e. The third-order valence-electron chi connectivity index (χ3n) is 6.08. The molecule has 2 aromatic carbocycles. The predicted octanol–water partition coefficient (Wildman–Crippen LogP) is 4.84. The van der Waals surface area contributed by atoms with Gasteiger partial charge in [0, 0.05) is 36.5 Å². The Morgan fingerprint density at radius 1 is 1.06 bits per heavy atom. The number of hydrogen-bond acceptors (Lipinski definition) is 3. The van der Waals surface area contributed by atoms with Gasteiger partial charge in [-0.2, -0.15) is 5.10 Å². The molecule has 0 radical (unpaired) electrons. The number of amides is 1. The Morgan fingerprint density at radius 3 is 2.38 bits per heavy atom. The first-order valence-corrected chi connectivity index (χ1v) is 10.9. The highest BCUT2D eigenvalue weighted by molar-refractivity contribution is 5.93. The normalized spacial score (nSPS) is 15.0. The number of likely N-dealkylation sites (tertiary alicyclic amines) is 1. The second-order valence-corrected chi connectivity index (χ2v) is 8.40. The molecule has 1 fully saturated rings. The molecule has 0 N–H and O–H groups in total. The van der Waals surface area contributed by atoms with Crippen molar-refractivity contribution in [3.05, 3.63) is 78.0 Å². The first kappa shape index (κ1) is 23.8. The Labute approximate surface area is 196 Å². The number of piperidine rings is 1. The molecule has 0 bridgehead atoms. The van der Waals surface area contributed by atoms with Crippen LogP contribution < -0.4 is 0 Å². The quantitative estimate of drug-likeness (QED) is 0.522. The first-order valence-electron chi connectivity index (χ1n) is 10.9. The lowest BCUT2D eigenvalue weighted by Gasteiger charge is -2.34. The van der Waals surface area contributed by atoms with Gasteiger partial charge in [-0.05, 0) is 58.1 Å². The maximum atomic E-state index is 12.9. The number of likely N-dealkylation sites (N-methyl/N-ethyl adjacent to an activating group) is 1. The van der Waals surface area contributed by atoms with Gasteiger partial charge in [0.2, 0.25) is 5.91 Å². The van der Waals surface area contributed by atoms with Gasteiger partial charge in [-0.3, -0.25) is 4.79 Å². The van der Waals surface area contributed by atoms with Crippen molar-refractivity contribution in [2.45, 2.75) is 25.8 Å². The highest BCUT2D eigenvalue weighted by Crippen LogP contribution is 2.25. The number of aromatic nitrogens is 2. The van der Waals surface area contributed by atoms with Crippen molar-refractivity contribution in [2.24, 2.45) is 0 Å². The SMILES string of the molecule is Cc1ccc(-c2nn(-c3ccccc3)cc2/C=C/C(=O)N(C)C2CCN(C)CC2)cc1.Cl. The van der Waals surface area contributed by atoms with Crippen LogP contribution in [0.2, 0.25) is 0 Å². The number of halogens is 1. The Balaban J connectivity index is 0.00000289. The number of aryl methyl sites for hydroxylation is 1. The predicted molar refractivity (Wildman–Crippen MR) is 133 cm³/mol. The molecule has 1 saturated heterocycles. The molecule has 0 atom stereocenters. The molecule has 1 aromatic heterocycles. The van der Waals surface area contributed by atoms with E-state index < -0.39 is 0 Å². The lowest BCUT2D eigenvalue weighted by molar-refractivity contribution is -0.127. The van der Waals surface area contributed by atoms with Crippen molar-refractivity contribution in [3.8, 4) is 16.9 Å². The summed E-state index contributed by atoms with van der Waals surface area (Å²) in [6, 6.07) is 18.7. The molecule has 0 unspecified atom stereocenters.